The van der Waals surface area contributed by atoms with Gasteiger partial charge >= 0.3 is 0 Å². The second-order valence-electron chi connectivity index (χ2n) is 3.55. The predicted octanol–water partition coefficient (Wildman–Crippen LogP) is 2.69. The van der Waals surface area contributed by atoms with E-state index in [4.69, 9.17) is 0 Å². The van der Waals surface area contributed by atoms with E-state index < -0.39 is 0 Å². The Kier molecular flexibility index (Phi) is 3.64. The van der Waals surface area contributed by atoms with Crippen molar-refractivity contribution in [1.29, 1.82) is 0 Å². The van der Waals surface area contributed by atoms with Crippen LogP contribution in [0.2, 0.25) is 0 Å². The highest BCUT2D eigenvalue weighted by Gasteiger charge is 2.09. The number of hydrogen-bond acceptors (Lipinski definition) is 3. The van der Waals surface area contributed by atoms with E-state index in [0.29, 0.717) is 11.9 Å². The molecule has 1 aromatic carbocycles. The van der Waals surface area contributed by atoms with Crippen LogP contribution >= 0.6 is 11.8 Å². The zero-order valence-corrected chi connectivity index (χ0v) is 10.5. The van der Waals surface area contributed by atoms with Crippen LogP contribution in [0.3, 0.4) is 0 Å². The van der Waals surface area contributed by atoms with Crippen LogP contribution < -0.4 is 5.56 Å². The highest BCUT2D eigenvalue weighted by molar-refractivity contribution is 7.99. The van der Waals surface area contributed by atoms with Gasteiger partial charge in [0.2, 0.25) is 0 Å². The summed E-state index contributed by atoms with van der Waals surface area (Å²) >= 11 is 1.57. The third kappa shape index (κ3) is 2.26. The van der Waals surface area contributed by atoms with E-state index in [0.717, 1.165) is 16.4 Å². The molecule has 0 bridgehead atoms. The van der Waals surface area contributed by atoms with E-state index in [-0.39, 0.29) is 5.56 Å². The molecule has 17 heavy (non-hydrogen) atoms. The zero-order chi connectivity index (χ0) is 12.3. The Morgan fingerprint density at radius 3 is 2.94 bits per heavy atom. The number of rotatable bonds is 4. The van der Waals surface area contributed by atoms with Gasteiger partial charge in [0.25, 0.3) is 5.56 Å². The first kappa shape index (κ1) is 11.9. The first-order valence-electron chi connectivity index (χ1n) is 5.51. The third-order valence-corrected chi connectivity index (χ3v) is 3.27. The summed E-state index contributed by atoms with van der Waals surface area (Å²) in [4.78, 5) is 16.8. The molecule has 0 N–H and O–H groups in total. The molecule has 2 aromatic rings. The lowest BCUT2D eigenvalue weighted by Gasteiger charge is -2.10. The molecule has 0 unspecified atom stereocenters. The summed E-state index contributed by atoms with van der Waals surface area (Å²) in [7, 11) is 0. The average molecular weight is 246 g/mol. The second kappa shape index (κ2) is 5.19. The van der Waals surface area contributed by atoms with E-state index >= 15 is 0 Å². The van der Waals surface area contributed by atoms with Crippen LogP contribution in [0.5, 0.6) is 0 Å². The minimum atomic E-state index is 0.00597. The quantitative estimate of drug-likeness (QED) is 0.472. The SMILES string of the molecule is C=CCn1c(SCC)nc2ccccc2c1=O. The van der Waals surface area contributed by atoms with E-state index in [2.05, 4.69) is 11.6 Å². The Bertz CT molecular complexity index is 604. The fraction of sp³-hybridized carbons (Fsp3) is 0.231. The van der Waals surface area contributed by atoms with Gasteiger partial charge in [0, 0.05) is 6.54 Å². The van der Waals surface area contributed by atoms with Gasteiger partial charge in [-0.2, -0.15) is 0 Å². The molecule has 2 rings (SSSR count). The Morgan fingerprint density at radius 2 is 2.24 bits per heavy atom. The van der Waals surface area contributed by atoms with Gasteiger partial charge in [-0.05, 0) is 17.9 Å². The average Bonchev–Trinajstić information content (AvgIpc) is 2.34. The van der Waals surface area contributed by atoms with Crippen LogP contribution in [0.4, 0.5) is 0 Å². The van der Waals surface area contributed by atoms with Gasteiger partial charge in [0.05, 0.1) is 10.9 Å². The highest BCUT2D eigenvalue weighted by Crippen LogP contribution is 2.17. The first-order valence-corrected chi connectivity index (χ1v) is 6.49. The van der Waals surface area contributed by atoms with Crippen molar-refractivity contribution in [2.24, 2.45) is 0 Å². The fourth-order valence-electron chi connectivity index (χ4n) is 1.68. The van der Waals surface area contributed by atoms with Crippen LogP contribution in [0.25, 0.3) is 10.9 Å². The molecule has 3 nitrogen and oxygen atoms in total. The molecule has 0 atom stereocenters. The van der Waals surface area contributed by atoms with Gasteiger partial charge in [0.15, 0.2) is 5.16 Å². The molecule has 1 aromatic heterocycles. The zero-order valence-electron chi connectivity index (χ0n) is 9.72. The lowest BCUT2D eigenvalue weighted by molar-refractivity contribution is 0.672. The van der Waals surface area contributed by atoms with Crippen molar-refractivity contribution >= 4 is 22.7 Å². The van der Waals surface area contributed by atoms with Gasteiger partial charge in [-0.1, -0.05) is 36.9 Å². The van der Waals surface area contributed by atoms with Crippen molar-refractivity contribution in [3.05, 3.63) is 47.3 Å². The highest BCUT2D eigenvalue weighted by atomic mass is 32.2. The lowest BCUT2D eigenvalue weighted by atomic mass is 10.2. The van der Waals surface area contributed by atoms with E-state index in [1.807, 2.05) is 31.2 Å². The monoisotopic (exact) mass is 246 g/mol. The minimum absolute atomic E-state index is 0.00597. The topological polar surface area (TPSA) is 34.9 Å². The van der Waals surface area contributed by atoms with Crippen molar-refractivity contribution < 1.29 is 0 Å². The van der Waals surface area contributed by atoms with Gasteiger partial charge in [-0.3, -0.25) is 9.36 Å². The summed E-state index contributed by atoms with van der Waals surface area (Å²) in [5.74, 6) is 0.891. The van der Waals surface area contributed by atoms with Crippen LogP contribution in [-0.2, 0) is 6.54 Å². The summed E-state index contributed by atoms with van der Waals surface area (Å²) < 4.78 is 1.67. The van der Waals surface area contributed by atoms with E-state index in [9.17, 15) is 4.79 Å². The largest absolute Gasteiger partial charge is 0.283 e. The van der Waals surface area contributed by atoms with Crippen LogP contribution in [0.15, 0.2) is 46.9 Å². The fourth-order valence-corrected chi connectivity index (χ4v) is 2.41. The molecular weight excluding hydrogens is 232 g/mol. The van der Waals surface area contributed by atoms with Crippen LogP contribution in [0, 0.1) is 0 Å². The molecule has 0 saturated heterocycles. The van der Waals surface area contributed by atoms with Gasteiger partial charge in [-0.25, -0.2) is 4.98 Å². The predicted molar refractivity (Wildman–Crippen MR) is 72.6 cm³/mol. The summed E-state index contributed by atoms with van der Waals surface area (Å²) in [6, 6.07) is 7.43. The number of thioether (sulfide) groups is 1. The van der Waals surface area contributed by atoms with Gasteiger partial charge in [0.1, 0.15) is 0 Å². The smallest absolute Gasteiger partial charge is 0.262 e. The summed E-state index contributed by atoms with van der Waals surface area (Å²) in [6.07, 6.45) is 1.72. The Balaban J connectivity index is 2.74. The molecule has 0 radical (unpaired) electrons. The molecule has 0 aliphatic carbocycles. The normalized spacial score (nSPS) is 10.6. The molecule has 0 spiro atoms. The second-order valence-corrected chi connectivity index (χ2v) is 4.78. The van der Waals surface area contributed by atoms with E-state index in [1.54, 1.807) is 22.4 Å². The summed E-state index contributed by atoms with van der Waals surface area (Å²) in [5, 5.41) is 1.42. The molecule has 0 saturated carbocycles. The Hall–Kier alpha value is -1.55. The number of nitrogens with zero attached hydrogens (tertiary/aromatic N) is 2. The molecule has 1 heterocycles. The van der Waals surface area contributed by atoms with Gasteiger partial charge < -0.3 is 0 Å². The summed E-state index contributed by atoms with van der Waals surface area (Å²) in [5.41, 5.74) is 0.764. The molecular formula is C13H14N2OS. The number of hydrogen-bond donors (Lipinski definition) is 0. The maximum Gasteiger partial charge on any atom is 0.262 e. The number of fused-ring (bicyclic) bond motifs is 1. The number of allylic oxidation sites excluding steroid dienone is 1. The van der Waals surface area contributed by atoms with Crippen molar-refractivity contribution in [3.8, 4) is 0 Å². The molecule has 0 aliphatic heterocycles. The van der Waals surface area contributed by atoms with E-state index in [1.165, 1.54) is 0 Å². The Labute approximate surface area is 104 Å². The van der Waals surface area contributed by atoms with Crippen molar-refractivity contribution in [3.63, 3.8) is 0 Å². The van der Waals surface area contributed by atoms with Crippen LogP contribution in [0.1, 0.15) is 6.92 Å². The minimum Gasteiger partial charge on any atom is -0.283 e. The van der Waals surface area contributed by atoms with Gasteiger partial charge in [-0.15, -0.1) is 6.58 Å². The van der Waals surface area contributed by atoms with Crippen molar-refractivity contribution in [2.75, 3.05) is 5.75 Å². The standard InChI is InChI=1S/C13H14N2OS/c1-3-9-15-12(16)10-7-5-6-8-11(10)14-13(15)17-4-2/h3,5-8H,1,4,9H2,2H3. The molecule has 0 amide bonds. The lowest BCUT2D eigenvalue weighted by Crippen LogP contribution is -2.22. The molecule has 88 valence electrons. The van der Waals surface area contributed by atoms with Crippen molar-refractivity contribution in [2.45, 2.75) is 18.6 Å². The third-order valence-electron chi connectivity index (χ3n) is 2.41. The molecule has 0 fully saturated rings. The first-order chi connectivity index (χ1) is 8.27. The molecule has 4 heteroatoms. The Morgan fingerprint density at radius 1 is 1.47 bits per heavy atom. The van der Waals surface area contributed by atoms with Crippen LogP contribution in [-0.4, -0.2) is 15.3 Å². The summed E-state index contributed by atoms with van der Waals surface area (Å²) in [6.45, 7) is 6.23. The number of aromatic nitrogens is 2. The molecule has 0 aliphatic rings. The van der Waals surface area contributed by atoms with Crippen molar-refractivity contribution in [1.82, 2.24) is 9.55 Å². The maximum atomic E-state index is 12.3. The maximum absolute atomic E-state index is 12.3. The number of benzene rings is 1. The number of para-hydroxylation sites is 1.